The minimum atomic E-state index is 0.524. The molecule has 1 saturated carbocycles. The predicted molar refractivity (Wildman–Crippen MR) is 82.9 cm³/mol. The lowest BCUT2D eigenvalue weighted by atomic mass is 10.1. The molecule has 4 nitrogen and oxygen atoms in total. The third kappa shape index (κ3) is 3.70. The molecule has 2 N–H and O–H groups in total. The van der Waals surface area contributed by atoms with Crippen molar-refractivity contribution in [2.75, 3.05) is 25.2 Å². The van der Waals surface area contributed by atoms with Crippen LogP contribution in [0.2, 0.25) is 0 Å². The molecule has 0 radical (unpaired) electrons. The fourth-order valence-corrected chi connectivity index (χ4v) is 2.63. The zero-order valence-electron chi connectivity index (χ0n) is 12.9. The van der Waals surface area contributed by atoms with Gasteiger partial charge in [-0.25, -0.2) is 4.98 Å². The summed E-state index contributed by atoms with van der Waals surface area (Å²) in [5.74, 6) is 1.86. The van der Waals surface area contributed by atoms with Gasteiger partial charge in [0.25, 0.3) is 0 Å². The molecule has 1 aliphatic rings. The summed E-state index contributed by atoms with van der Waals surface area (Å²) in [5.41, 5.74) is 8.10. The highest BCUT2D eigenvalue weighted by Gasteiger charge is 2.32. The van der Waals surface area contributed by atoms with Crippen LogP contribution < -0.4 is 10.6 Å². The van der Waals surface area contributed by atoms with E-state index in [0.717, 1.165) is 42.6 Å². The van der Waals surface area contributed by atoms with E-state index in [0.29, 0.717) is 12.6 Å². The molecular weight excluding hydrogens is 250 g/mol. The number of ether oxygens (including phenoxy) is 1. The van der Waals surface area contributed by atoms with Crippen molar-refractivity contribution in [1.29, 1.82) is 0 Å². The van der Waals surface area contributed by atoms with Gasteiger partial charge in [0.1, 0.15) is 5.82 Å². The SMILES string of the molecule is CCc1cc(CN)cc(N(CCOC)C(C)C2CC2)n1. The number of anilines is 1. The van der Waals surface area contributed by atoms with Gasteiger partial charge in [-0.2, -0.15) is 0 Å². The van der Waals surface area contributed by atoms with Crippen LogP contribution in [0.25, 0.3) is 0 Å². The fourth-order valence-electron chi connectivity index (χ4n) is 2.63. The zero-order valence-corrected chi connectivity index (χ0v) is 12.9. The molecule has 0 aromatic carbocycles. The van der Waals surface area contributed by atoms with Crippen LogP contribution in [0.5, 0.6) is 0 Å². The van der Waals surface area contributed by atoms with Gasteiger partial charge in [-0.05, 0) is 49.8 Å². The number of rotatable bonds is 8. The van der Waals surface area contributed by atoms with Crippen molar-refractivity contribution in [3.8, 4) is 0 Å². The van der Waals surface area contributed by atoms with Crippen molar-refractivity contribution in [3.05, 3.63) is 23.4 Å². The first-order valence-corrected chi connectivity index (χ1v) is 7.65. The van der Waals surface area contributed by atoms with Crippen LogP contribution in [-0.4, -0.2) is 31.3 Å². The molecule has 112 valence electrons. The number of aryl methyl sites for hydroxylation is 1. The van der Waals surface area contributed by atoms with Gasteiger partial charge < -0.3 is 15.4 Å². The molecule has 0 saturated heterocycles. The lowest BCUT2D eigenvalue weighted by Crippen LogP contribution is -2.38. The van der Waals surface area contributed by atoms with Crippen molar-refractivity contribution in [1.82, 2.24) is 4.98 Å². The van der Waals surface area contributed by atoms with E-state index in [2.05, 4.69) is 30.9 Å². The average Bonchev–Trinajstić information content (AvgIpc) is 3.31. The molecule has 0 spiro atoms. The average molecular weight is 277 g/mol. The van der Waals surface area contributed by atoms with E-state index in [-0.39, 0.29) is 0 Å². The summed E-state index contributed by atoms with van der Waals surface area (Å²) in [7, 11) is 1.75. The minimum absolute atomic E-state index is 0.524. The maximum atomic E-state index is 5.82. The molecule has 1 fully saturated rings. The zero-order chi connectivity index (χ0) is 14.5. The van der Waals surface area contributed by atoms with E-state index in [9.17, 15) is 0 Å². The molecule has 1 aromatic heterocycles. The largest absolute Gasteiger partial charge is 0.383 e. The standard InChI is InChI=1S/C16H27N3O/c1-4-15-9-13(11-17)10-16(18-15)19(7-8-20-3)12(2)14-5-6-14/h9-10,12,14H,4-8,11,17H2,1-3H3. The van der Waals surface area contributed by atoms with Gasteiger partial charge in [0.2, 0.25) is 0 Å². The highest BCUT2D eigenvalue weighted by atomic mass is 16.5. The van der Waals surface area contributed by atoms with Crippen LogP contribution in [0.4, 0.5) is 5.82 Å². The molecule has 1 atom stereocenters. The van der Waals surface area contributed by atoms with Gasteiger partial charge in [-0.1, -0.05) is 6.92 Å². The molecule has 0 bridgehead atoms. The fraction of sp³-hybridized carbons (Fsp3) is 0.688. The number of nitrogens with two attached hydrogens (primary N) is 1. The Bertz CT molecular complexity index is 409. The lowest BCUT2D eigenvalue weighted by molar-refractivity contribution is 0.202. The normalized spacial score (nSPS) is 16.2. The van der Waals surface area contributed by atoms with E-state index in [1.807, 2.05) is 0 Å². The first-order valence-electron chi connectivity index (χ1n) is 7.65. The summed E-state index contributed by atoms with van der Waals surface area (Å²) in [6, 6.07) is 4.77. The highest BCUT2D eigenvalue weighted by molar-refractivity contribution is 5.44. The molecule has 1 aromatic rings. The van der Waals surface area contributed by atoms with Crippen LogP contribution in [0, 0.1) is 5.92 Å². The number of methoxy groups -OCH3 is 1. The molecule has 1 aliphatic carbocycles. The van der Waals surface area contributed by atoms with Gasteiger partial charge in [0.15, 0.2) is 0 Å². The van der Waals surface area contributed by atoms with Crippen molar-refractivity contribution >= 4 is 5.82 Å². The van der Waals surface area contributed by atoms with Crippen LogP contribution in [0.1, 0.15) is 37.9 Å². The molecule has 2 rings (SSSR count). The summed E-state index contributed by atoms with van der Waals surface area (Å²) in [6.45, 7) is 6.62. The molecule has 1 unspecified atom stereocenters. The number of pyridine rings is 1. The van der Waals surface area contributed by atoms with Gasteiger partial charge in [0, 0.05) is 31.9 Å². The van der Waals surface area contributed by atoms with Gasteiger partial charge >= 0.3 is 0 Å². The smallest absolute Gasteiger partial charge is 0.129 e. The van der Waals surface area contributed by atoms with Crippen LogP contribution in [0.3, 0.4) is 0 Å². The Balaban J connectivity index is 2.25. The Morgan fingerprint density at radius 3 is 2.75 bits per heavy atom. The number of hydrogen-bond acceptors (Lipinski definition) is 4. The Morgan fingerprint density at radius 2 is 2.20 bits per heavy atom. The number of aromatic nitrogens is 1. The molecule has 20 heavy (non-hydrogen) atoms. The first-order chi connectivity index (χ1) is 9.69. The quantitative estimate of drug-likeness (QED) is 0.792. The Labute approximate surface area is 122 Å². The minimum Gasteiger partial charge on any atom is -0.383 e. The molecule has 4 heteroatoms. The highest BCUT2D eigenvalue weighted by Crippen LogP contribution is 2.36. The second kappa shape index (κ2) is 7.04. The molecule has 0 aliphatic heterocycles. The summed E-state index contributed by atoms with van der Waals surface area (Å²) in [5, 5.41) is 0. The Morgan fingerprint density at radius 1 is 1.45 bits per heavy atom. The third-order valence-electron chi connectivity index (χ3n) is 4.15. The van der Waals surface area contributed by atoms with E-state index < -0.39 is 0 Å². The number of nitrogens with zero attached hydrogens (tertiary/aromatic N) is 2. The second-order valence-electron chi connectivity index (χ2n) is 5.65. The van der Waals surface area contributed by atoms with Gasteiger partial charge in [0.05, 0.1) is 6.61 Å². The lowest BCUT2D eigenvalue weighted by Gasteiger charge is -2.31. The second-order valence-corrected chi connectivity index (χ2v) is 5.65. The maximum absolute atomic E-state index is 5.82. The van der Waals surface area contributed by atoms with E-state index in [4.69, 9.17) is 15.5 Å². The van der Waals surface area contributed by atoms with Crippen molar-refractivity contribution in [2.24, 2.45) is 11.7 Å². The Kier molecular flexibility index (Phi) is 5.38. The van der Waals surface area contributed by atoms with Crippen LogP contribution >= 0.6 is 0 Å². The van der Waals surface area contributed by atoms with E-state index >= 15 is 0 Å². The van der Waals surface area contributed by atoms with Gasteiger partial charge in [-0.15, -0.1) is 0 Å². The topological polar surface area (TPSA) is 51.4 Å². The van der Waals surface area contributed by atoms with E-state index in [1.165, 1.54) is 12.8 Å². The molecule has 1 heterocycles. The number of hydrogen-bond donors (Lipinski definition) is 1. The molecular formula is C16H27N3O. The molecule has 0 amide bonds. The third-order valence-corrected chi connectivity index (χ3v) is 4.15. The summed E-state index contributed by atoms with van der Waals surface area (Å²) < 4.78 is 5.26. The van der Waals surface area contributed by atoms with Crippen LogP contribution in [0.15, 0.2) is 12.1 Å². The van der Waals surface area contributed by atoms with Crippen molar-refractivity contribution < 1.29 is 4.74 Å². The summed E-state index contributed by atoms with van der Waals surface area (Å²) in [4.78, 5) is 7.19. The predicted octanol–water partition coefficient (Wildman–Crippen LogP) is 2.35. The summed E-state index contributed by atoms with van der Waals surface area (Å²) >= 11 is 0. The monoisotopic (exact) mass is 277 g/mol. The van der Waals surface area contributed by atoms with Crippen molar-refractivity contribution in [2.45, 2.75) is 45.7 Å². The van der Waals surface area contributed by atoms with Gasteiger partial charge in [-0.3, -0.25) is 0 Å². The van der Waals surface area contributed by atoms with Crippen LogP contribution in [-0.2, 0) is 17.7 Å². The van der Waals surface area contributed by atoms with E-state index in [1.54, 1.807) is 7.11 Å². The maximum Gasteiger partial charge on any atom is 0.129 e. The Hall–Kier alpha value is -1.13. The summed E-state index contributed by atoms with van der Waals surface area (Å²) in [6.07, 6.45) is 3.61. The first kappa shape index (κ1) is 15.3. The van der Waals surface area contributed by atoms with Crippen molar-refractivity contribution in [3.63, 3.8) is 0 Å².